The van der Waals surface area contributed by atoms with Gasteiger partial charge in [0.1, 0.15) is 11.7 Å². The van der Waals surface area contributed by atoms with Gasteiger partial charge in [0.05, 0.1) is 19.3 Å². The SMILES string of the molecule is CCOc1cccc2c1OC(C)(C)C(N(CC)CCO)C2O. The number of aliphatic hydroxyl groups excluding tert-OH is 2. The highest BCUT2D eigenvalue weighted by Crippen LogP contribution is 2.46. The van der Waals surface area contributed by atoms with Crippen molar-refractivity contribution in [2.45, 2.75) is 45.4 Å². The van der Waals surface area contributed by atoms with Crippen LogP contribution in [0.1, 0.15) is 39.4 Å². The van der Waals surface area contributed by atoms with Gasteiger partial charge in [-0.1, -0.05) is 19.1 Å². The Balaban J connectivity index is 2.44. The van der Waals surface area contributed by atoms with Crippen molar-refractivity contribution in [2.75, 3.05) is 26.3 Å². The molecule has 1 heterocycles. The molecule has 1 aliphatic rings. The zero-order valence-electron chi connectivity index (χ0n) is 13.9. The van der Waals surface area contributed by atoms with E-state index in [2.05, 4.69) is 4.90 Å². The quantitative estimate of drug-likeness (QED) is 0.841. The van der Waals surface area contributed by atoms with Gasteiger partial charge in [-0.3, -0.25) is 4.90 Å². The van der Waals surface area contributed by atoms with Crippen LogP contribution in [0.25, 0.3) is 0 Å². The van der Waals surface area contributed by atoms with E-state index in [1.165, 1.54) is 0 Å². The van der Waals surface area contributed by atoms with Gasteiger partial charge in [-0.25, -0.2) is 0 Å². The summed E-state index contributed by atoms with van der Waals surface area (Å²) in [6.45, 7) is 9.71. The van der Waals surface area contributed by atoms with E-state index in [4.69, 9.17) is 9.47 Å². The van der Waals surface area contributed by atoms with Gasteiger partial charge < -0.3 is 19.7 Å². The second-order valence-corrected chi connectivity index (χ2v) is 6.05. The lowest BCUT2D eigenvalue weighted by atomic mass is 9.84. The summed E-state index contributed by atoms with van der Waals surface area (Å²) in [4.78, 5) is 2.06. The highest BCUT2D eigenvalue weighted by molar-refractivity contribution is 5.50. The number of rotatable bonds is 6. The molecule has 1 aromatic carbocycles. The highest BCUT2D eigenvalue weighted by Gasteiger charge is 2.46. The first-order chi connectivity index (χ1) is 10.5. The van der Waals surface area contributed by atoms with Crippen LogP contribution in [0.15, 0.2) is 18.2 Å². The predicted octanol–water partition coefficient (Wildman–Crippen LogP) is 1.97. The molecule has 0 aliphatic carbocycles. The van der Waals surface area contributed by atoms with Crippen molar-refractivity contribution in [1.82, 2.24) is 4.90 Å². The number of hydrogen-bond acceptors (Lipinski definition) is 5. The van der Waals surface area contributed by atoms with E-state index >= 15 is 0 Å². The van der Waals surface area contributed by atoms with E-state index < -0.39 is 11.7 Å². The molecular weight excluding hydrogens is 282 g/mol. The monoisotopic (exact) mass is 309 g/mol. The van der Waals surface area contributed by atoms with E-state index in [-0.39, 0.29) is 12.6 Å². The van der Waals surface area contributed by atoms with Crippen molar-refractivity contribution in [1.29, 1.82) is 0 Å². The first kappa shape index (κ1) is 17.1. The molecule has 0 bridgehead atoms. The number of nitrogens with zero attached hydrogens (tertiary/aromatic N) is 1. The zero-order valence-corrected chi connectivity index (χ0v) is 13.9. The molecule has 2 N–H and O–H groups in total. The van der Waals surface area contributed by atoms with E-state index in [0.717, 1.165) is 12.1 Å². The molecular formula is C17H27NO4. The molecule has 2 rings (SSSR count). The Kier molecular flexibility index (Phi) is 5.32. The average molecular weight is 309 g/mol. The van der Waals surface area contributed by atoms with Crippen molar-refractivity contribution < 1.29 is 19.7 Å². The van der Waals surface area contributed by atoms with E-state index in [0.29, 0.717) is 24.7 Å². The maximum atomic E-state index is 10.9. The van der Waals surface area contributed by atoms with Crippen molar-refractivity contribution in [3.63, 3.8) is 0 Å². The molecule has 5 heteroatoms. The Labute approximate surface area is 132 Å². The Hall–Kier alpha value is -1.30. The fourth-order valence-electron chi connectivity index (χ4n) is 3.28. The fraction of sp³-hybridized carbons (Fsp3) is 0.647. The minimum absolute atomic E-state index is 0.0545. The molecule has 1 aliphatic heterocycles. The molecule has 1 aromatic rings. The smallest absolute Gasteiger partial charge is 0.167 e. The first-order valence-electron chi connectivity index (χ1n) is 7.94. The molecule has 0 aromatic heterocycles. The summed E-state index contributed by atoms with van der Waals surface area (Å²) in [6.07, 6.45) is -0.689. The van der Waals surface area contributed by atoms with E-state index in [1.807, 2.05) is 45.9 Å². The number of ether oxygens (including phenoxy) is 2. The maximum absolute atomic E-state index is 10.9. The molecule has 0 fully saturated rings. The third-order valence-electron chi connectivity index (χ3n) is 4.19. The van der Waals surface area contributed by atoms with Gasteiger partial charge >= 0.3 is 0 Å². The molecule has 0 amide bonds. The van der Waals surface area contributed by atoms with Crippen molar-refractivity contribution in [3.05, 3.63) is 23.8 Å². The third-order valence-corrected chi connectivity index (χ3v) is 4.19. The second-order valence-electron chi connectivity index (χ2n) is 6.05. The van der Waals surface area contributed by atoms with Crippen LogP contribution in [0.2, 0.25) is 0 Å². The molecule has 5 nitrogen and oxygen atoms in total. The standard InChI is InChI=1S/C17H27NO4/c1-5-18(10-11-19)16-14(20)12-8-7-9-13(21-6-2)15(12)22-17(16,3)4/h7-9,14,16,19-20H,5-6,10-11H2,1-4H3. The minimum Gasteiger partial charge on any atom is -0.490 e. The lowest BCUT2D eigenvalue weighted by molar-refractivity contribution is -0.0852. The molecule has 0 radical (unpaired) electrons. The zero-order chi connectivity index (χ0) is 16.3. The van der Waals surface area contributed by atoms with Gasteiger partial charge in [-0.15, -0.1) is 0 Å². The van der Waals surface area contributed by atoms with Crippen molar-refractivity contribution >= 4 is 0 Å². The molecule has 0 spiro atoms. The lowest BCUT2D eigenvalue weighted by Crippen LogP contribution is -2.58. The summed E-state index contributed by atoms with van der Waals surface area (Å²) < 4.78 is 11.8. The Bertz CT molecular complexity index is 503. The Morgan fingerprint density at radius 2 is 2.05 bits per heavy atom. The van der Waals surface area contributed by atoms with E-state index in [9.17, 15) is 10.2 Å². The average Bonchev–Trinajstić information content (AvgIpc) is 2.47. The Morgan fingerprint density at radius 1 is 1.32 bits per heavy atom. The second kappa shape index (κ2) is 6.86. The summed E-state index contributed by atoms with van der Waals surface area (Å²) in [5.74, 6) is 1.29. The number of hydrogen-bond donors (Lipinski definition) is 2. The third kappa shape index (κ3) is 3.07. The van der Waals surface area contributed by atoms with Gasteiger partial charge in [0.25, 0.3) is 0 Å². The molecule has 124 valence electrons. The molecule has 22 heavy (non-hydrogen) atoms. The van der Waals surface area contributed by atoms with Crippen LogP contribution in [0.3, 0.4) is 0 Å². The van der Waals surface area contributed by atoms with Crippen LogP contribution in [0.4, 0.5) is 0 Å². The molecule has 0 saturated carbocycles. The van der Waals surface area contributed by atoms with Gasteiger partial charge in [0.15, 0.2) is 11.5 Å². The van der Waals surface area contributed by atoms with Gasteiger partial charge in [0, 0.05) is 12.1 Å². The van der Waals surface area contributed by atoms with Gasteiger partial charge in [-0.2, -0.15) is 0 Å². The number of likely N-dealkylation sites (N-methyl/N-ethyl adjacent to an activating group) is 1. The van der Waals surface area contributed by atoms with Crippen LogP contribution in [0, 0.1) is 0 Å². The summed E-state index contributed by atoms with van der Waals surface area (Å²) >= 11 is 0. The fourth-order valence-corrected chi connectivity index (χ4v) is 3.28. The van der Waals surface area contributed by atoms with Crippen molar-refractivity contribution in [3.8, 4) is 11.5 Å². The molecule has 0 saturated heterocycles. The molecule has 2 unspecified atom stereocenters. The van der Waals surface area contributed by atoms with Gasteiger partial charge in [0.2, 0.25) is 0 Å². The number of para-hydroxylation sites is 1. The summed E-state index contributed by atoms with van der Waals surface area (Å²) in [6, 6.07) is 5.37. The predicted molar refractivity (Wildman–Crippen MR) is 85.4 cm³/mol. The Morgan fingerprint density at radius 3 is 2.64 bits per heavy atom. The van der Waals surface area contributed by atoms with Crippen LogP contribution in [0.5, 0.6) is 11.5 Å². The number of benzene rings is 1. The van der Waals surface area contributed by atoms with Crippen LogP contribution in [-0.2, 0) is 0 Å². The van der Waals surface area contributed by atoms with Gasteiger partial charge in [-0.05, 0) is 33.4 Å². The summed E-state index contributed by atoms with van der Waals surface area (Å²) in [7, 11) is 0. The van der Waals surface area contributed by atoms with Crippen LogP contribution >= 0.6 is 0 Å². The van der Waals surface area contributed by atoms with Crippen LogP contribution in [-0.4, -0.2) is 53.1 Å². The molecule has 2 atom stereocenters. The topological polar surface area (TPSA) is 62.2 Å². The summed E-state index contributed by atoms with van der Waals surface area (Å²) in [5, 5.41) is 20.2. The normalized spacial score (nSPS) is 23.0. The minimum atomic E-state index is -0.689. The van der Waals surface area contributed by atoms with Crippen LogP contribution < -0.4 is 9.47 Å². The first-order valence-corrected chi connectivity index (χ1v) is 7.94. The largest absolute Gasteiger partial charge is 0.490 e. The number of aliphatic hydroxyl groups is 2. The van der Waals surface area contributed by atoms with E-state index in [1.54, 1.807) is 0 Å². The number of fused-ring (bicyclic) bond motifs is 1. The maximum Gasteiger partial charge on any atom is 0.167 e. The summed E-state index contributed by atoms with van der Waals surface area (Å²) in [5.41, 5.74) is 0.150. The lowest BCUT2D eigenvalue weighted by Gasteiger charge is -2.48. The van der Waals surface area contributed by atoms with Crippen molar-refractivity contribution in [2.24, 2.45) is 0 Å². The highest BCUT2D eigenvalue weighted by atomic mass is 16.5.